The summed E-state index contributed by atoms with van der Waals surface area (Å²) in [5, 5.41) is 2.76. The summed E-state index contributed by atoms with van der Waals surface area (Å²) in [5.74, 6) is 0. The molecule has 0 atom stereocenters. The first kappa shape index (κ1) is 14.1. The summed E-state index contributed by atoms with van der Waals surface area (Å²) in [4.78, 5) is 0. The molecule has 1 aromatic heterocycles. The van der Waals surface area contributed by atoms with Gasteiger partial charge in [-0.1, -0.05) is 35.4 Å². The van der Waals surface area contributed by atoms with Gasteiger partial charge in [0.05, 0.1) is 0 Å². The van der Waals surface area contributed by atoms with Gasteiger partial charge in [0.1, 0.15) is 0 Å². The first-order chi connectivity index (χ1) is 10.1. The predicted molar refractivity (Wildman–Crippen MR) is 97.2 cm³/mol. The normalized spacial score (nSPS) is 13.3. The van der Waals surface area contributed by atoms with Gasteiger partial charge in [-0.05, 0) is 63.1 Å². The topological polar surface area (TPSA) is 0 Å². The smallest absolute Gasteiger partial charge is 0.0355 e. The van der Waals surface area contributed by atoms with E-state index in [0.717, 1.165) is 0 Å². The SMILES string of the molecule is C/C=C(C)\C=C(/C)c1ccc2sc3ccc(C)cc3c2c1. The summed E-state index contributed by atoms with van der Waals surface area (Å²) in [6, 6.07) is 13.6. The Labute approximate surface area is 130 Å². The molecule has 1 heteroatoms. The fraction of sp³-hybridized carbons (Fsp3) is 0.200. The lowest BCUT2D eigenvalue weighted by Gasteiger charge is -2.03. The largest absolute Gasteiger partial charge is 0.135 e. The Morgan fingerprint density at radius 3 is 2.33 bits per heavy atom. The molecule has 0 spiro atoms. The van der Waals surface area contributed by atoms with Crippen molar-refractivity contribution in [1.29, 1.82) is 0 Å². The van der Waals surface area contributed by atoms with Gasteiger partial charge in [0.15, 0.2) is 0 Å². The summed E-state index contributed by atoms with van der Waals surface area (Å²) >= 11 is 1.88. The summed E-state index contributed by atoms with van der Waals surface area (Å²) in [6.45, 7) is 8.57. The van der Waals surface area contributed by atoms with Crippen LogP contribution < -0.4 is 0 Å². The van der Waals surface area contributed by atoms with Gasteiger partial charge in [0.2, 0.25) is 0 Å². The molecule has 0 radical (unpaired) electrons. The van der Waals surface area contributed by atoms with Gasteiger partial charge in [-0.25, -0.2) is 0 Å². The lowest BCUT2D eigenvalue weighted by Crippen LogP contribution is -1.80. The van der Waals surface area contributed by atoms with Crippen LogP contribution in [0.25, 0.3) is 25.7 Å². The second kappa shape index (κ2) is 5.50. The molecule has 0 aliphatic heterocycles. The zero-order chi connectivity index (χ0) is 15.0. The van der Waals surface area contributed by atoms with Crippen molar-refractivity contribution in [3.05, 3.63) is 65.3 Å². The number of fused-ring (bicyclic) bond motifs is 3. The third-order valence-corrected chi connectivity index (χ3v) is 5.13. The Morgan fingerprint density at radius 2 is 1.62 bits per heavy atom. The Balaban J connectivity index is 2.21. The minimum absolute atomic E-state index is 1.30. The first-order valence-corrected chi connectivity index (χ1v) is 8.14. The van der Waals surface area contributed by atoms with Gasteiger partial charge < -0.3 is 0 Å². The highest BCUT2D eigenvalue weighted by Crippen LogP contribution is 2.35. The van der Waals surface area contributed by atoms with Gasteiger partial charge in [0.25, 0.3) is 0 Å². The molecule has 3 aromatic rings. The van der Waals surface area contributed by atoms with E-state index in [1.54, 1.807) is 0 Å². The maximum Gasteiger partial charge on any atom is 0.0355 e. The van der Waals surface area contributed by atoms with Crippen LogP contribution in [0.4, 0.5) is 0 Å². The molecule has 106 valence electrons. The molecule has 0 unspecified atom stereocenters. The lowest BCUT2D eigenvalue weighted by atomic mass is 10.0. The molecule has 21 heavy (non-hydrogen) atoms. The van der Waals surface area contributed by atoms with Crippen LogP contribution >= 0.6 is 11.3 Å². The Kier molecular flexibility index (Phi) is 3.69. The van der Waals surface area contributed by atoms with Crippen LogP contribution in [0.5, 0.6) is 0 Å². The second-order valence-corrected chi connectivity index (χ2v) is 6.76. The number of thiophene rings is 1. The molecule has 0 N–H and O–H groups in total. The molecule has 0 fully saturated rings. The minimum atomic E-state index is 1.30. The summed E-state index contributed by atoms with van der Waals surface area (Å²) in [5.41, 5.74) is 5.26. The van der Waals surface area contributed by atoms with Crippen LogP contribution in [0.15, 0.2) is 54.1 Å². The number of allylic oxidation sites excluding steroid dienone is 4. The number of hydrogen-bond donors (Lipinski definition) is 0. The third kappa shape index (κ3) is 2.66. The fourth-order valence-electron chi connectivity index (χ4n) is 2.64. The molecular formula is C20H20S. The lowest BCUT2D eigenvalue weighted by molar-refractivity contribution is 1.46. The Morgan fingerprint density at radius 1 is 0.952 bits per heavy atom. The number of rotatable bonds is 2. The molecule has 1 heterocycles. The predicted octanol–water partition coefficient (Wildman–Crippen LogP) is 6.73. The van der Waals surface area contributed by atoms with Crippen LogP contribution in [-0.2, 0) is 0 Å². The maximum absolute atomic E-state index is 2.34. The Bertz CT molecular complexity index is 875. The highest BCUT2D eigenvalue weighted by Gasteiger charge is 2.06. The van der Waals surface area contributed by atoms with E-state index in [9.17, 15) is 0 Å². The molecular weight excluding hydrogens is 272 g/mol. The van der Waals surface area contributed by atoms with Crippen LogP contribution in [-0.4, -0.2) is 0 Å². The zero-order valence-electron chi connectivity index (χ0n) is 13.0. The first-order valence-electron chi connectivity index (χ1n) is 7.33. The third-order valence-electron chi connectivity index (χ3n) is 3.98. The van der Waals surface area contributed by atoms with E-state index in [1.165, 1.54) is 42.4 Å². The van der Waals surface area contributed by atoms with Gasteiger partial charge in [-0.2, -0.15) is 0 Å². The van der Waals surface area contributed by atoms with E-state index in [4.69, 9.17) is 0 Å². The second-order valence-electron chi connectivity index (χ2n) is 5.67. The summed E-state index contributed by atoms with van der Waals surface area (Å²) in [6.07, 6.45) is 4.40. The van der Waals surface area contributed by atoms with Crippen molar-refractivity contribution in [2.24, 2.45) is 0 Å². The van der Waals surface area contributed by atoms with Crippen molar-refractivity contribution in [1.82, 2.24) is 0 Å². The average molecular weight is 292 g/mol. The molecule has 0 saturated carbocycles. The van der Waals surface area contributed by atoms with Crippen LogP contribution in [0.2, 0.25) is 0 Å². The van der Waals surface area contributed by atoms with E-state index < -0.39 is 0 Å². The highest BCUT2D eigenvalue weighted by molar-refractivity contribution is 7.25. The van der Waals surface area contributed by atoms with Crippen molar-refractivity contribution >= 4 is 37.1 Å². The molecule has 0 aliphatic carbocycles. The Hall–Kier alpha value is -1.86. The number of benzene rings is 2. The summed E-state index contributed by atoms with van der Waals surface area (Å²) < 4.78 is 2.74. The number of aryl methyl sites for hydroxylation is 1. The van der Waals surface area contributed by atoms with Gasteiger partial charge in [0, 0.05) is 20.2 Å². The highest BCUT2D eigenvalue weighted by atomic mass is 32.1. The molecule has 0 nitrogen and oxygen atoms in total. The van der Waals surface area contributed by atoms with E-state index >= 15 is 0 Å². The van der Waals surface area contributed by atoms with Crippen molar-refractivity contribution in [3.8, 4) is 0 Å². The molecule has 0 bridgehead atoms. The van der Waals surface area contributed by atoms with Crippen LogP contribution in [0.1, 0.15) is 31.9 Å². The van der Waals surface area contributed by atoms with Crippen LogP contribution in [0.3, 0.4) is 0 Å². The monoisotopic (exact) mass is 292 g/mol. The van der Waals surface area contributed by atoms with Gasteiger partial charge in [-0.3, -0.25) is 0 Å². The van der Waals surface area contributed by atoms with E-state index in [0.29, 0.717) is 0 Å². The van der Waals surface area contributed by atoms with E-state index in [1.807, 2.05) is 11.3 Å². The molecule has 0 amide bonds. The maximum atomic E-state index is 2.34. The molecule has 2 aromatic carbocycles. The van der Waals surface area contributed by atoms with E-state index in [-0.39, 0.29) is 0 Å². The summed E-state index contributed by atoms with van der Waals surface area (Å²) in [7, 11) is 0. The van der Waals surface area contributed by atoms with Gasteiger partial charge >= 0.3 is 0 Å². The molecule has 0 aliphatic rings. The number of hydrogen-bond acceptors (Lipinski definition) is 1. The van der Waals surface area contributed by atoms with Crippen molar-refractivity contribution in [2.45, 2.75) is 27.7 Å². The quantitative estimate of drug-likeness (QED) is 0.459. The van der Waals surface area contributed by atoms with E-state index in [2.05, 4.69) is 76.2 Å². The van der Waals surface area contributed by atoms with Crippen molar-refractivity contribution in [2.75, 3.05) is 0 Å². The molecule has 0 saturated heterocycles. The molecule has 3 rings (SSSR count). The average Bonchev–Trinajstić information content (AvgIpc) is 2.84. The van der Waals surface area contributed by atoms with Crippen molar-refractivity contribution in [3.63, 3.8) is 0 Å². The minimum Gasteiger partial charge on any atom is -0.135 e. The van der Waals surface area contributed by atoms with Crippen LogP contribution in [0, 0.1) is 6.92 Å². The van der Waals surface area contributed by atoms with Crippen molar-refractivity contribution < 1.29 is 0 Å². The van der Waals surface area contributed by atoms with Gasteiger partial charge in [-0.15, -0.1) is 11.3 Å². The zero-order valence-corrected chi connectivity index (χ0v) is 13.8. The standard InChI is InChI=1S/C20H20S/c1-5-13(2)10-15(4)16-7-9-20-18(12-16)17-11-14(3)6-8-19(17)21-20/h5-12H,1-4H3/b13-5-,15-10+. The fourth-order valence-corrected chi connectivity index (χ4v) is 3.71.